The number of aliphatic hydroxyl groups excluding tert-OH is 1. The van der Waals surface area contributed by atoms with E-state index in [1.165, 1.54) is 12.0 Å². The van der Waals surface area contributed by atoms with Crippen LogP contribution >= 0.6 is 15.9 Å². The van der Waals surface area contributed by atoms with Gasteiger partial charge in [0.25, 0.3) is 5.91 Å². The zero-order valence-corrected chi connectivity index (χ0v) is 22.5. The summed E-state index contributed by atoms with van der Waals surface area (Å²) >= 11 is 3.49. The van der Waals surface area contributed by atoms with E-state index in [-0.39, 0.29) is 22.8 Å². The third-order valence-corrected chi connectivity index (χ3v) is 10.9. The number of amides is 1. The average molecular weight is 543 g/mol. The second-order valence-electron chi connectivity index (χ2n) is 12.1. The first-order valence-corrected chi connectivity index (χ1v) is 14.2. The van der Waals surface area contributed by atoms with Gasteiger partial charge in [-0.15, -0.1) is 6.58 Å². The minimum Gasteiger partial charge on any atom is -0.393 e. The second kappa shape index (κ2) is 9.46. The van der Waals surface area contributed by atoms with Crippen molar-refractivity contribution in [3.8, 4) is 0 Å². The van der Waals surface area contributed by atoms with E-state index in [1.54, 1.807) is 0 Å². The van der Waals surface area contributed by atoms with Crippen LogP contribution in [0.25, 0.3) is 0 Å². The highest BCUT2D eigenvalue weighted by atomic mass is 79.9. The predicted octanol–water partition coefficient (Wildman–Crippen LogP) is 6.18. The molecule has 0 aliphatic heterocycles. The van der Waals surface area contributed by atoms with E-state index in [2.05, 4.69) is 40.8 Å². The molecule has 3 N–H and O–H groups in total. The number of nitrogens with one attached hydrogen (secondary N) is 1. The molecule has 1 aromatic carbocycles. The molecule has 1 aromatic rings. The number of carbonyl (C=O) groups excluding carboxylic acids is 1. The third kappa shape index (κ3) is 4.46. The fourth-order valence-electron chi connectivity index (χ4n) is 8.64. The van der Waals surface area contributed by atoms with Gasteiger partial charge in [-0.05, 0) is 121 Å². The molecule has 0 saturated heterocycles. The maximum Gasteiger partial charge on any atom is 0.252 e. The SMILES string of the molecule is C=CC[C@]1(O)C[C@H]2[C@@H]3CC=C4C[C@@H](O)CC[C@]4(C)[C@H]3CC[C@]2(CCNC(=O)c2ccccc2Br)C1. The smallest absolute Gasteiger partial charge is 0.252 e. The zero-order chi connectivity index (χ0) is 24.8. The fraction of sp³-hybridized carbons (Fsp3) is 0.633. The monoisotopic (exact) mass is 541 g/mol. The van der Waals surface area contributed by atoms with Crippen LogP contribution in [-0.2, 0) is 0 Å². The number of hydrogen-bond donors (Lipinski definition) is 3. The Bertz CT molecular complexity index is 1020. The van der Waals surface area contributed by atoms with Crippen LogP contribution < -0.4 is 5.32 Å². The molecule has 5 rings (SSSR count). The quantitative estimate of drug-likeness (QED) is 0.376. The van der Waals surface area contributed by atoms with Gasteiger partial charge in [0.15, 0.2) is 0 Å². The van der Waals surface area contributed by atoms with Crippen molar-refractivity contribution < 1.29 is 15.0 Å². The largest absolute Gasteiger partial charge is 0.393 e. The Morgan fingerprint density at radius 3 is 2.83 bits per heavy atom. The molecule has 0 spiro atoms. The highest BCUT2D eigenvalue weighted by molar-refractivity contribution is 9.10. The molecule has 3 saturated carbocycles. The van der Waals surface area contributed by atoms with E-state index in [9.17, 15) is 15.0 Å². The highest BCUT2D eigenvalue weighted by Gasteiger charge is 2.61. The Hall–Kier alpha value is -1.43. The van der Waals surface area contributed by atoms with E-state index in [0.717, 1.165) is 55.8 Å². The summed E-state index contributed by atoms with van der Waals surface area (Å²) in [7, 11) is 0. The van der Waals surface area contributed by atoms with Crippen LogP contribution in [0, 0.1) is 28.6 Å². The molecular weight excluding hydrogens is 502 g/mol. The van der Waals surface area contributed by atoms with Crippen LogP contribution in [0.15, 0.2) is 53.0 Å². The van der Waals surface area contributed by atoms with Gasteiger partial charge in [0, 0.05) is 11.0 Å². The summed E-state index contributed by atoms with van der Waals surface area (Å²) in [5, 5.41) is 25.1. The zero-order valence-electron chi connectivity index (χ0n) is 20.9. The summed E-state index contributed by atoms with van der Waals surface area (Å²) in [4.78, 5) is 12.8. The molecule has 1 amide bonds. The van der Waals surface area contributed by atoms with Crippen molar-refractivity contribution in [3.63, 3.8) is 0 Å². The van der Waals surface area contributed by atoms with Crippen molar-refractivity contribution in [2.75, 3.05) is 6.54 Å². The molecule has 35 heavy (non-hydrogen) atoms. The molecular formula is C30H40BrNO3. The van der Waals surface area contributed by atoms with Crippen molar-refractivity contribution in [1.29, 1.82) is 0 Å². The van der Waals surface area contributed by atoms with Gasteiger partial charge in [-0.25, -0.2) is 0 Å². The molecule has 4 nitrogen and oxygen atoms in total. The first-order valence-electron chi connectivity index (χ1n) is 13.4. The standard InChI is InChI=1S/C30H40BrNO3/c1-3-12-30(35)18-25-22-9-8-20-17-21(33)10-13-28(20,2)24(22)11-14-29(25,19-30)15-16-32-27(34)23-6-4-5-7-26(23)31/h3-8,21-22,24-25,33,35H,1,9-19H2,2H3,(H,32,34)/t21-,22+,24-,25-,28-,29-,30-/m0/s1. The summed E-state index contributed by atoms with van der Waals surface area (Å²) in [5.74, 6) is 1.59. The van der Waals surface area contributed by atoms with Gasteiger partial charge in [0.05, 0.1) is 17.3 Å². The molecule has 0 radical (unpaired) electrons. The van der Waals surface area contributed by atoms with E-state index in [1.807, 2.05) is 30.3 Å². The number of benzene rings is 1. The van der Waals surface area contributed by atoms with Gasteiger partial charge in [-0.2, -0.15) is 0 Å². The molecule has 4 aliphatic rings. The lowest BCUT2D eigenvalue weighted by Gasteiger charge is -2.57. The molecule has 190 valence electrons. The predicted molar refractivity (Wildman–Crippen MR) is 143 cm³/mol. The number of halogens is 1. The molecule has 4 aliphatic carbocycles. The Morgan fingerprint density at radius 2 is 2.06 bits per heavy atom. The number of rotatable bonds is 6. The van der Waals surface area contributed by atoms with Crippen molar-refractivity contribution in [2.24, 2.45) is 28.6 Å². The first-order chi connectivity index (χ1) is 16.7. The molecule has 0 heterocycles. The van der Waals surface area contributed by atoms with Crippen LogP contribution in [0.1, 0.15) is 81.5 Å². The lowest BCUT2D eigenvalue weighted by atomic mass is 9.47. The number of aliphatic hydroxyl groups is 2. The molecule has 5 heteroatoms. The Kier molecular flexibility index (Phi) is 6.82. The summed E-state index contributed by atoms with van der Waals surface area (Å²) in [6.07, 6.45) is 13.4. The maximum absolute atomic E-state index is 12.8. The van der Waals surface area contributed by atoms with E-state index >= 15 is 0 Å². The van der Waals surface area contributed by atoms with Crippen LogP contribution in [-0.4, -0.2) is 34.4 Å². The van der Waals surface area contributed by atoms with Gasteiger partial charge in [-0.1, -0.05) is 36.8 Å². The third-order valence-electron chi connectivity index (χ3n) is 10.2. The Balaban J connectivity index is 1.37. The summed E-state index contributed by atoms with van der Waals surface area (Å²) in [6, 6.07) is 7.54. The summed E-state index contributed by atoms with van der Waals surface area (Å²) in [5.41, 5.74) is 1.68. The van der Waals surface area contributed by atoms with Crippen LogP contribution in [0.5, 0.6) is 0 Å². The molecule has 0 bridgehead atoms. The molecule has 7 atom stereocenters. The van der Waals surface area contributed by atoms with Crippen molar-refractivity contribution in [1.82, 2.24) is 5.32 Å². The van der Waals surface area contributed by atoms with Crippen molar-refractivity contribution in [2.45, 2.75) is 82.8 Å². The topological polar surface area (TPSA) is 69.6 Å². The van der Waals surface area contributed by atoms with Gasteiger partial charge >= 0.3 is 0 Å². The first kappa shape index (κ1) is 25.2. The second-order valence-corrected chi connectivity index (χ2v) is 13.0. The van der Waals surface area contributed by atoms with Gasteiger partial charge < -0.3 is 15.5 Å². The van der Waals surface area contributed by atoms with Gasteiger partial charge in [-0.3, -0.25) is 4.79 Å². The van der Waals surface area contributed by atoms with Crippen molar-refractivity contribution >= 4 is 21.8 Å². The highest BCUT2D eigenvalue weighted by Crippen LogP contribution is 2.67. The minimum atomic E-state index is -0.693. The lowest BCUT2D eigenvalue weighted by Crippen LogP contribution is -2.50. The number of allylic oxidation sites excluding steroid dienone is 1. The van der Waals surface area contributed by atoms with Crippen LogP contribution in [0.2, 0.25) is 0 Å². The lowest BCUT2D eigenvalue weighted by molar-refractivity contribution is -0.0459. The maximum atomic E-state index is 12.8. The minimum absolute atomic E-state index is 0.0445. The number of hydrogen-bond acceptors (Lipinski definition) is 3. The normalized spacial score (nSPS) is 40.2. The number of carbonyl (C=O) groups is 1. The molecule has 0 unspecified atom stereocenters. The van der Waals surface area contributed by atoms with E-state index in [4.69, 9.17) is 0 Å². The number of fused-ring (bicyclic) bond motifs is 5. The van der Waals surface area contributed by atoms with Crippen LogP contribution in [0.4, 0.5) is 0 Å². The van der Waals surface area contributed by atoms with E-state index in [0.29, 0.717) is 36.3 Å². The van der Waals surface area contributed by atoms with Gasteiger partial charge in [0.1, 0.15) is 0 Å². The fourth-order valence-corrected chi connectivity index (χ4v) is 9.11. The van der Waals surface area contributed by atoms with Crippen LogP contribution in [0.3, 0.4) is 0 Å². The summed E-state index contributed by atoms with van der Waals surface area (Å²) < 4.78 is 0.811. The summed E-state index contributed by atoms with van der Waals surface area (Å²) in [6.45, 7) is 7.01. The van der Waals surface area contributed by atoms with Gasteiger partial charge in [0.2, 0.25) is 0 Å². The van der Waals surface area contributed by atoms with E-state index < -0.39 is 5.60 Å². The van der Waals surface area contributed by atoms with Crippen molar-refractivity contribution in [3.05, 3.63) is 58.6 Å². The Morgan fingerprint density at radius 1 is 1.26 bits per heavy atom. The molecule has 0 aromatic heterocycles. The average Bonchev–Trinajstić information content (AvgIpc) is 3.12. The Labute approximate surface area is 218 Å². The molecule has 3 fully saturated rings.